The highest BCUT2D eigenvalue weighted by Gasteiger charge is 2.39. The lowest BCUT2D eigenvalue weighted by Gasteiger charge is -2.25. The molecule has 1 aliphatic carbocycles. The number of hydrogen-bond donors (Lipinski definition) is 1. The minimum Gasteiger partial charge on any atom is -0.477 e. The number of anilines is 1. The van der Waals surface area contributed by atoms with E-state index in [4.69, 9.17) is 9.47 Å². The third kappa shape index (κ3) is 4.50. The van der Waals surface area contributed by atoms with Crippen molar-refractivity contribution in [1.82, 2.24) is 19.0 Å². The van der Waals surface area contributed by atoms with Gasteiger partial charge >= 0.3 is 0 Å². The van der Waals surface area contributed by atoms with Crippen LogP contribution in [0.2, 0.25) is 0 Å². The quantitative estimate of drug-likeness (QED) is 0.687. The molecule has 1 fully saturated rings. The first kappa shape index (κ1) is 20.6. The van der Waals surface area contributed by atoms with Gasteiger partial charge in [-0.25, -0.2) is 4.99 Å². The molecule has 1 saturated heterocycles. The van der Waals surface area contributed by atoms with E-state index in [0.717, 1.165) is 42.5 Å². The standard InChI is InChI=1S/C22H24N6O3S/c29-21(18-19(31-14-24-18)16-4-2-1-3-5-16)25-17-8-11-28(12-17)20-22(27-32-26-20)30-13-15-6-9-23-10-7-15/h1-4,6-7,9-10,14,16-19H,5,8,11-13H2,(H,25,29). The van der Waals surface area contributed by atoms with E-state index in [-0.39, 0.29) is 24.0 Å². The number of rotatable bonds is 7. The molecule has 1 N–H and O–H groups in total. The van der Waals surface area contributed by atoms with E-state index in [0.29, 0.717) is 19.0 Å². The molecule has 0 saturated carbocycles. The van der Waals surface area contributed by atoms with Crippen molar-refractivity contribution < 1.29 is 14.3 Å². The van der Waals surface area contributed by atoms with Gasteiger partial charge in [0.2, 0.25) is 11.7 Å². The van der Waals surface area contributed by atoms with E-state index >= 15 is 0 Å². The van der Waals surface area contributed by atoms with E-state index in [1.54, 1.807) is 12.4 Å². The maximum absolute atomic E-state index is 13.0. The normalized spacial score (nSPS) is 26.3. The molecule has 32 heavy (non-hydrogen) atoms. The van der Waals surface area contributed by atoms with Gasteiger partial charge in [-0.3, -0.25) is 9.78 Å². The van der Waals surface area contributed by atoms with Gasteiger partial charge in [-0.15, -0.1) is 4.37 Å². The summed E-state index contributed by atoms with van der Waals surface area (Å²) >= 11 is 1.13. The molecule has 4 heterocycles. The molecule has 2 aromatic rings. The zero-order valence-corrected chi connectivity index (χ0v) is 18.2. The van der Waals surface area contributed by atoms with Crippen molar-refractivity contribution >= 4 is 29.9 Å². The van der Waals surface area contributed by atoms with Crippen LogP contribution in [-0.2, 0) is 16.1 Å². The lowest BCUT2D eigenvalue weighted by molar-refractivity contribution is -0.124. The fourth-order valence-electron chi connectivity index (χ4n) is 4.17. The number of allylic oxidation sites excluding steroid dienone is 3. The second-order valence-corrected chi connectivity index (χ2v) is 8.52. The van der Waals surface area contributed by atoms with Crippen LogP contribution in [0, 0.1) is 5.92 Å². The van der Waals surface area contributed by atoms with Gasteiger partial charge in [-0.2, -0.15) is 4.37 Å². The van der Waals surface area contributed by atoms with Crippen LogP contribution in [0.4, 0.5) is 5.82 Å². The van der Waals surface area contributed by atoms with Crippen LogP contribution in [0.25, 0.3) is 0 Å². The first-order chi connectivity index (χ1) is 15.8. The second-order valence-electron chi connectivity index (χ2n) is 7.99. The van der Waals surface area contributed by atoms with Crippen LogP contribution in [0.3, 0.4) is 0 Å². The summed E-state index contributed by atoms with van der Waals surface area (Å²) in [5.41, 5.74) is 1.02. The number of pyridine rings is 1. The van der Waals surface area contributed by atoms with Gasteiger partial charge in [0.05, 0.1) is 11.7 Å². The van der Waals surface area contributed by atoms with Crippen molar-refractivity contribution in [3.63, 3.8) is 0 Å². The number of hydrogen-bond acceptors (Lipinski definition) is 9. The van der Waals surface area contributed by atoms with Crippen molar-refractivity contribution in [3.05, 3.63) is 54.4 Å². The first-order valence-electron chi connectivity index (χ1n) is 10.7. The SMILES string of the molecule is O=C(NC1CCN(c2nsnc2OCc2ccncc2)C1)C1N=COC1C1C=CC=CC1. The predicted octanol–water partition coefficient (Wildman–Crippen LogP) is 2.13. The van der Waals surface area contributed by atoms with E-state index in [2.05, 4.69) is 41.1 Å². The fraction of sp³-hybridized carbons (Fsp3) is 0.409. The van der Waals surface area contributed by atoms with Gasteiger partial charge in [0.25, 0.3) is 5.88 Å². The van der Waals surface area contributed by atoms with E-state index in [9.17, 15) is 4.79 Å². The molecule has 9 nitrogen and oxygen atoms in total. The highest BCUT2D eigenvalue weighted by atomic mass is 32.1. The molecule has 2 aromatic heterocycles. The summed E-state index contributed by atoms with van der Waals surface area (Å²) in [5, 5.41) is 3.15. The maximum atomic E-state index is 13.0. The highest BCUT2D eigenvalue weighted by molar-refractivity contribution is 6.99. The lowest BCUT2D eigenvalue weighted by atomic mass is 9.90. The maximum Gasteiger partial charge on any atom is 0.271 e. The van der Waals surface area contributed by atoms with Crippen molar-refractivity contribution in [2.45, 2.75) is 37.6 Å². The third-order valence-electron chi connectivity index (χ3n) is 5.86. The molecule has 166 valence electrons. The summed E-state index contributed by atoms with van der Waals surface area (Å²) in [6, 6.07) is 3.30. The van der Waals surface area contributed by atoms with Gasteiger partial charge in [-0.05, 0) is 30.5 Å². The van der Waals surface area contributed by atoms with Gasteiger partial charge in [0.15, 0.2) is 12.4 Å². The second kappa shape index (κ2) is 9.47. The van der Waals surface area contributed by atoms with Crippen LogP contribution in [0.15, 0.2) is 53.8 Å². The monoisotopic (exact) mass is 452 g/mol. The van der Waals surface area contributed by atoms with E-state index in [1.165, 1.54) is 6.40 Å². The van der Waals surface area contributed by atoms with E-state index in [1.807, 2.05) is 24.3 Å². The van der Waals surface area contributed by atoms with Crippen molar-refractivity contribution in [2.24, 2.45) is 10.9 Å². The molecule has 3 aliphatic rings. The molecule has 4 unspecified atom stereocenters. The Kier molecular flexibility index (Phi) is 6.11. The Bertz CT molecular complexity index is 1020. The summed E-state index contributed by atoms with van der Waals surface area (Å²) in [7, 11) is 0. The predicted molar refractivity (Wildman–Crippen MR) is 121 cm³/mol. The average Bonchev–Trinajstić information content (AvgIpc) is 3.59. The summed E-state index contributed by atoms with van der Waals surface area (Å²) in [5.74, 6) is 1.30. The molecule has 4 atom stereocenters. The smallest absolute Gasteiger partial charge is 0.271 e. The average molecular weight is 453 g/mol. The molecule has 0 radical (unpaired) electrons. The zero-order chi connectivity index (χ0) is 21.8. The minimum absolute atomic E-state index is 0.00971. The summed E-state index contributed by atoms with van der Waals surface area (Å²) in [6.45, 7) is 1.82. The molecule has 1 amide bonds. The Balaban J connectivity index is 1.16. The molecule has 5 rings (SSSR count). The Labute approximate surface area is 190 Å². The van der Waals surface area contributed by atoms with Crippen LogP contribution in [0.1, 0.15) is 18.4 Å². The van der Waals surface area contributed by atoms with Crippen LogP contribution >= 0.6 is 11.7 Å². The highest BCUT2D eigenvalue weighted by Crippen LogP contribution is 2.30. The number of aliphatic imine (C=N–C) groups is 1. The number of carbonyl (C=O) groups is 1. The van der Waals surface area contributed by atoms with Crippen molar-refractivity contribution in [3.8, 4) is 5.88 Å². The van der Waals surface area contributed by atoms with E-state index < -0.39 is 6.04 Å². The number of nitrogens with one attached hydrogen (secondary N) is 1. The Morgan fingerprint density at radius 2 is 2.19 bits per heavy atom. The summed E-state index contributed by atoms with van der Waals surface area (Å²) in [4.78, 5) is 23.4. The summed E-state index contributed by atoms with van der Waals surface area (Å²) < 4.78 is 20.3. The number of nitrogens with zero attached hydrogens (tertiary/aromatic N) is 5. The Hall–Kier alpha value is -3.27. The first-order valence-corrected chi connectivity index (χ1v) is 11.4. The molecular weight excluding hydrogens is 428 g/mol. The number of aromatic nitrogens is 3. The Morgan fingerprint density at radius 3 is 3.03 bits per heavy atom. The topological polar surface area (TPSA) is 102 Å². The zero-order valence-electron chi connectivity index (χ0n) is 17.4. The minimum atomic E-state index is -0.523. The van der Waals surface area contributed by atoms with Crippen LogP contribution in [-0.4, -0.2) is 57.3 Å². The fourth-order valence-corrected chi connectivity index (χ4v) is 4.69. The molecule has 2 aliphatic heterocycles. The van der Waals surface area contributed by atoms with Crippen molar-refractivity contribution in [1.29, 1.82) is 0 Å². The molecular formula is C22H24N6O3S. The number of amides is 1. The third-order valence-corrected chi connectivity index (χ3v) is 6.36. The largest absolute Gasteiger partial charge is 0.477 e. The number of ether oxygens (including phenoxy) is 2. The molecule has 0 spiro atoms. The van der Waals surface area contributed by atoms with Gasteiger partial charge in [-0.1, -0.05) is 24.3 Å². The lowest BCUT2D eigenvalue weighted by Crippen LogP contribution is -2.47. The van der Waals surface area contributed by atoms with Crippen LogP contribution in [0.5, 0.6) is 5.88 Å². The number of carbonyl (C=O) groups excluding carboxylic acids is 1. The Morgan fingerprint density at radius 1 is 1.28 bits per heavy atom. The van der Waals surface area contributed by atoms with Gasteiger partial charge in [0.1, 0.15) is 12.7 Å². The van der Waals surface area contributed by atoms with Gasteiger partial charge in [0, 0.05) is 37.4 Å². The van der Waals surface area contributed by atoms with Crippen molar-refractivity contribution in [2.75, 3.05) is 18.0 Å². The molecule has 0 aromatic carbocycles. The molecule has 0 bridgehead atoms. The van der Waals surface area contributed by atoms with Crippen LogP contribution < -0.4 is 15.0 Å². The van der Waals surface area contributed by atoms with Gasteiger partial charge < -0.3 is 19.7 Å². The summed E-state index contributed by atoms with van der Waals surface area (Å²) in [6.07, 6.45) is 14.5. The molecule has 10 heteroatoms.